The summed E-state index contributed by atoms with van der Waals surface area (Å²) in [5.74, 6) is 0. The molecule has 0 aliphatic rings. The molecule has 0 bridgehead atoms. The lowest BCUT2D eigenvalue weighted by atomic mass is 10.0. The predicted molar refractivity (Wildman–Crippen MR) is 96.5 cm³/mol. The van der Waals surface area contributed by atoms with Crippen LogP contribution in [0, 0.1) is 4.78 Å². The molecule has 0 aliphatic heterocycles. The van der Waals surface area contributed by atoms with Gasteiger partial charge in [0.25, 0.3) is 0 Å². The SMILES string of the molecule is C/C(=N\OCc1ccccc1C(F)(F)F)c1cc(Cl)ccc1C(F)(F)F.N=S(=O)=O. The Hall–Kier alpha value is -2.60. The molecular weight excluding hydrogens is 462 g/mol. The molecule has 2 aromatic carbocycles. The van der Waals surface area contributed by atoms with E-state index in [1.807, 2.05) is 0 Å². The molecule has 0 heterocycles. The molecule has 2 rings (SSSR count). The third-order valence-electron chi connectivity index (χ3n) is 3.42. The fourth-order valence-electron chi connectivity index (χ4n) is 2.23. The lowest BCUT2D eigenvalue weighted by Crippen LogP contribution is -2.12. The number of halogens is 7. The predicted octanol–water partition coefficient (Wildman–Crippen LogP) is 5.95. The number of nitrogens with zero attached hydrogens (tertiary/aromatic N) is 1. The summed E-state index contributed by atoms with van der Waals surface area (Å²) < 4.78 is 101. The second-order valence-corrected chi connectivity index (χ2v) is 6.43. The molecule has 0 radical (unpaired) electrons. The molecule has 1 N–H and O–H groups in total. The van der Waals surface area contributed by atoms with E-state index in [0.29, 0.717) is 0 Å². The van der Waals surface area contributed by atoms with Crippen molar-refractivity contribution in [2.75, 3.05) is 0 Å². The number of hydrogen-bond acceptors (Lipinski definition) is 5. The van der Waals surface area contributed by atoms with Crippen LogP contribution in [0.1, 0.15) is 29.2 Å². The van der Waals surface area contributed by atoms with E-state index in [-0.39, 0.29) is 21.9 Å². The van der Waals surface area contributed by atoms with E-state index < -0.39 is 40.6 Å². The normalized spacial score (nSPS) is 12.1. The summed E-state index contributed by atoms with van der Waals surface area (Å²) in [6.45, 7) is 0.700. The zero-order chi connectivity index (χ0) is 23.1. The molecule has 0 saturated carbocycles. The van der Waals surface area contributed by atoms with Gasteiger partial charge in [-0.1, -0.05) is 35.0 Å². The zero-order valence-corrected chi connectivity index (χ0v) is 16.5. The van der Waals surface area contributed by atoms with Gasteiger partial charge in [0, 0.05) is 16.1 Å². The maximum atomic E-state index is 13.0. The minimum atomic E-state index is -4.64. The van der Waals surface area contributed by atoms with E-state index in [4.69, 9.17) is 29.6 Å². The van der Waals surface area contributed by atoms with Crippen molar-refractivity contribution in [1.82, 2.24) is 0 Å². The Bertz CT molecular complexity index is 1010. The van der Waals surface area contributed by atoms with E-state index in [2.05, 4.69) is 5.16 Å². The first-order valence-corrected chi connectivity index (χ1v) is 9.18. The van der Waals surface area contributed by atoms with Crippen LogP contribution in [0.2, 0.25) is 5.02 Å². The average Bonchev–Trinajstić information content (AvgIpc) is 2.59. The van der Waals surface area contributed by atoms with Gasteiger partial charge < -0.3 is 4.84 Å². The zero-order valence-electron chi connectivity index (χ0n) is 15.0. The third kappa shape index (κ3) is 8.03. The van der Waals surface area contributed by atoms with Crippen LogP contribution in [0.25, 0.3) is 0 Å². The Morgan fingerprint density at radius 3 is 2.10 bits per heavy atom. The summed E-state index contributed by atoms with van der Waals surface area (Å²) in [6.07, 6.45) is -9.21. The standard InChI is InChI=1S/C17H12ClF6NO.HNO2S/c1-10(13-8-12(18)6-7-15(13)17(22,23)24)25-26-9-11-4-2-3-5-14(11)16(19,20)21;1-4(2)3/h2-8H,9H2,1H3;1H/b25-10+;. The molecule has 0 amide bonds. The van der Waals surface area contributed by atoms with Crippen LogP contribution in [0.3, 0.4) is 0 Å². The molecule has 0 atom stereocenters. The van der Waals surface area contributed by atoms with Crippen molar-refractivity contribution in [3.05, 3.63) is 69.7 Å². The van der Waals surface area contributed by atoms with Crippen molar-refractivity contribution < 1.29 is 39.6 Å². The molecular formula is C17H13ClF6N2O3S. The van der Waals surface area contributed by atoms with Gasteiger partial charge in [0.15, 0.2) is 0 Å². The topological polar surface area (TPSA) is 79.6 Å². The van der Waals surface area contributed by atoms with Crippen molar-refractivity contribution in [2.24, 2.45) is 5.16 Å². The summed E-state index contributed by atoms with van der Waals surface area (Å²) in [4.78, 5) is 4.86. The van der Waals surface area contributed by atoms with E-state index in [1.165, 1.54) is 25.1 Å². The fraction of sp³-hybridized carbons (Fsp3) is 0.235. The number of alkyl halides is 6. The number of benzene rings is 2. The van der Waals surface area contributed by atoms with Gasteiger partial charge in [-0.3, -0.25) is 0 Å². The van der Waals surface area contributed by atoms with Gasteiger partial charge in [-0.2, -0.15) is 39.5 Å². The number of rotatable bonds is 4. The fourth-order valence-corrected chi connectivity index (χ4v) is 2.41. The third-order valence-corrected chi connectivity index (χ3v) is 3.66. The lowest BCUT2D eigenvalue weighted by Gasteiger charge is -2.14. The van der Waals surface area contributed by atoms with Crippen LogP contribution < -0.4 is 0 Å². The van der Waals surface area contributed by atoms with Crippen LogP contribution in [-0.2, 0) is 34.3 Å². The van der Waals surface area contributed by atoms with Gasteiger partial charge in [0.05, 0.1) is 16.8 Å². The highest BCUT2D eigenvalue weighted by atomic mass is 35.5. The van der Waals surface area contributed by atoms with Gasteiger partial charge in [0.1, 0.15) is 6.61 Å². The van der Waals surface area contributed by atoms with E-state index in [9.17, 15) is 26.3 Å². The van der Waals surface area contributed by atoms with Crippen LogP contribution in [0.4, 0.5) is 26.3 Å². The summed E-state index contributed by atoms with van der Waals surface area (Å²) in [7, 11) is -2.61. The van der Waals surface area contributed by atoms with Crippen LogP contribution in [0.15, 0.2) is 47.6 Å². The lowest BCUT2D eigenvalue weighted by molar-refractivity contribution is -0.139. The average molecular weight is 475 g/mol. The highest BCUT2D eigenvalue weighted by molar-refractivity contribution is 7.60. The van der Waals surface area contributed by atoms with Crippen molar-refractivity contribution >= 4 is 27.8 Å². The first-order valence-electron chi connectivity index (χ1n) is 7.72. The summed E-state index contributed by atoms with van der Waals surface area (Å²) in [5, 5.41) is 3.58. The Morgan fingerprint density at radius 1 is 1.03 bits per heavy atom. The Morgan fingerprint density at radius 2 is 1.57 bits per heavy atom. The maximum Gasteiger partial charge on any atom is 0.417 e. The number of nitrogens with one attached hydrogen (secondary N) is 1. The smallest absolute Gasteiger partial charge is 0.391 e. The summed E-state index contributed by atoms with van der Waals surface area (Å²) >= 11 is 5.72. The van der Waals surface area contributed by atoms with Gasteiger partial charge in [-0.15, -0.1) is 0 Å². The summed E-state index contributed by atoms with van der Waals surface area (Å²) in [5.41, 5.74) is -2.52. The van der Waals surface area contributed by atoms with Gasteiger partial charge >= 0.3 is 22.9 Å². The maximum absolute atomic E-state index is 13.0. The Balaban J connectivity index is 0.00000103. The van der Waals surface area contributed by atoms with Crippen molar-refractivity contribution in [3.8, 4) is 0 Å². The van der Waals surface area contributed by atoms with Crippen molar-refractivity contribution in [1.29, 1.82) is 4.78 Å². The minimum absolute atomic E-state index is 0.0602. The Labute approximate surface area is 173 Å². The highest BCUT2D eigenvalue weighted by Crippen LogP contribution is 2.34. The van der Waals surface area contributed by atoms with Crippen molar-refractivity contribution in [2.45, 2.75) is 25.9 Å². The number of oxime groups is 1. The molecule has 0 saturated heterocycles. The minimum Gasteiger partial charge on any atom is -0.391 e. The van der Waals surface area contributed by atoms with E-state index in [1.54, 1.807) is 0 Å². The highest BCUT2D eigenvalue weighted by Gasteiger charge is 2.34. The van der Waals surface area contributed by atoms with Gasteiger partial charge in [-0.05, 0) is 31.2 Å². The summed E-state index contributed by atoms with van der Waals surface area (Å²) in [6, 6.07) is 7.65. The van der Waals surface area contributed by atoms with Gasteiger partial charge in [-0.25, -0.2) is 0 Å². The largest absolute Gasteiger partial charge is 0.417 e. The second kappa shape index (κ2) is 10.4. The molecule has 0 aromatic heterocycles. The molecule has 5 nitrogen and oxygen atoms in total. The molecule has 2 aromatic rings. The Kier molecular flexibility index (Phi) is 8.85. The van der Waals surface area contributed by atoms with Crippen LogP contribution in [0.5, 0.6) is 0 Å². The number of hydrogen-bond donors (Lipinski definition) is 1. The molecule has 164 valence electrons. The first-order chi connectivity index (χ1) is 13.7. The molecule has 13 heteroatoms. The molecule has 0 aliphatic carbocycles. The van der Waals surface area contributed by atoms with E-state index in [0.717, 1.165) is 24.3 Å². The molecule has 0 fully saturated rings. The quantitative estimate of drug-likeness (QED) is 0.338. The van der Waals surface area contributed by atoms with Crippen LogP contribution in [-0.4, -0.2) is 14.1 Å². The monoisotopic (exact) mass is 474 g/mol. The van der Waals surface area contributed by atoms with Crippen molar-refractivity contribution in [3.63, 3.8) is 0 Å². The first kappa shape index (κ1) is 25.4. The molecule has 0 spiro atoms. The van der Waals surface area contributed by atoms with E-state index >= 15 is 0 Å². The molecule has 30 heavy (non-hydrogen) atoms. The van der Waals surface area contributed by atoms with Crippen LogP contribution >= 0.6 is 11.6 Å². The molecule has 0 unspecified atom stereocenters. The second-order valence-electron chi connectivity index (χ2n) is 5.53. The van der Waals surface area contributed by atoms with Gasteiger partial charge in [0.2, 0.25) is 0 Å².